The molecule has 0 radical (unpaired) electrons. The molecule has 0 saturated carbocycles. The minimum Gasteiger partial charge on any atom is -0.366 e. The molecule has 0 aliphatic carbocycles. The predicted octanol–water partition coefficient (Wildman–Crippen LogP) is 3.92. The summed E-state index contributed by atoms with van der Waals surface area (Å²) in [5.74, 6) is -0.421. The van der Waals surface area contributed by atoms with Gasteiger partial charge in [0.05, 0.1) is 24.2 Å². The van der Waals surface area contributed by atoms with Crippen LogP contribution in [-0.4, -0.2) is 55.0 Å². The number of nitrogens with zero attached hydrogens (tertiary/aromatic N) is 5. The minimum absolute atomic E-state index is 0.0520. The van der Waals surface area contributed by atoms with Crippen LogP contribution in [0.3, 0.4) is 0 Å². The van der Waals surface area contributed by atoms with E-state index in [9.17, 15) is 17.6 Å². The lowest BCUT2D eigenvalue weighted by Gasteiger charge is -2.36. The molecule has 1 saturated heterocycles. The van der Waals surface area contributed by atoms with Crippen LogP contribution >= 0.6 is 0 Å². The second-order valence-electron chi connectivity index (χ2n) is 9.15. The van der Waals surface area contributed by atoms with E-state index in [1.165, 1.54) is 22.9 Å². The van der Waals surface area contributed by atoms with E-state index in [4.69, 9.17) is 0 Å². The van der Waals surface area contributed by atoms with Crippen LogP contribution in [0.1, 0.15) is 15.9 Å². The van der Waals surface area contributed by atoms with Gasteiger partial charge in [-0.15, -0.1) is 0 Å². The van der Waals surface area contributed by atoms with Crippen LogP contribution < -0.4 is 9.21 Å². The molecule has 0 spiro atoms. The first-order valence-electron chi connectivity index (χ1n) is 12.3. The highest BCUT2D eigenvalue weighted by atomic mass is 32.2. The molecule has 1 aliphatic heterocycles. The van der Waals surface area contributed by atoms with Crippen LogP contribution in [-0.2, 0) is 23.6 Å². The van der Waals surface area contributed by atoms with E-state index in [1.54, 1.807) is 59.0 Å². The number of carbonyl (C=O) groups is 1. The van der Waals surface area contributed by atoms with Crippen molar-refractivity contribution in [1.29, 1.82) is 0 Å². The van der Waals surface area contributed by atoms with Crippen molar-refractivity contribution in [2.75, 3.05) is 35.4 Å². The molecule has 0 bridgehead atoms. The molecule has 196 valence electrons. The number of amides is 1. The molecule has 5 rings (SSSR count). The number of sulfonamides is 1. The molecule has 8 nitrogen and oxygen atoms in total. The van der Waals surface area contributed by atoms with E-state index in [2.05, 4.69) is 4.98 Å². The van der Waals surface area contributed by atoms with E-state index < -0.39 is 10.0 Å². The average molecular weight is 534 g/mol. The maximum absolute atomic E-state index is 14.2. The number of benzene rings is 3. The highest BCUT2D eigenvalue weighted by Crippen LogP contribution is 2.26. The molecule has 1 aromatic heterocycles. The van der Waals surface area contributed by atoms with E-state index in [1.807, 2.05) is 35.2 Å². The third-order valence-electron chi connectivity index (χ3n) is 6.57. The summed E-state index contributed by atoms with van der Waals surface area (Å²) >= 11 is 0. The summed E-state index contributed by atoms with van der Waals surface area (Å²) < 4.78 is 44.1. The lowest BCUT2D eigenvalue weighted by atomic mass is 10.1. The van der Waals surface area contributed by atoms with Gasteiger partial charge in [-0.25, -0.2) is 9.37 Å². The maximum Gasteiger partial charge on any atom is 0.283 e. The van der Waals surface area contributed by atoms with Crippen LogP contribution in [0.2, 0.25) is 0 Å². The van der Waals surface area contributed by atoms with Crippen LogP contribution in [0.15, 0.2) is 96.4 Å². The number of anilines is 2. The van der Waals surface area contributed by atoms with Crippen LogP contribution in [0.5, 0.6) is 0 Å². The molecular weight excluding hydrogens is 505 g/mol. The van der Waals surface area contributed by atoms with Crippen molar-refractivity contribution in [3.8, 4) is 0 Å². The van der Waals surface area contributed by atoms with Gasteiger partial charge in [0, 0.05) is 45.0 Å². The van der Waals surface area contributed by atoms with Crippen molar-refractivity contribution < 1.29 is 17.6 Å². The van der Waals surface area contributed by atoms with Gasteiger partial charge in [-0.3, -0.25) is 9.10 Å². The summed E-state index contributed by atoms with van der Waals surface area (Å²) in [6, 6.07) is 22.5. The van der Waals surface area contributed by atoms with Crippen LogP contribution in [0.4, 0.5) is 15.8 Å². The van der Waals surface area contributed by atoms with Crippen molar-refractivity contribution in [2.24, 2.45) is 7.05 Å². The van der Waals surface area contributed by atoms with E-state index in [-0.39, 0.29) is 23.3 Å². The topological polar surface area (TPSA) is 78.8 Å². The zero-order valence-corrected chi connectivity index (χ0v) is 21.8. The maximum atomic E-state index is 14.2. The molecule has 10 heteroatoms. The molecule has 1 fully saturated rings. The van der Waals surface area contributed by atoms with Crippen molar-refractivity contribution in [3.63, 3.8) is 0 Å². The van der Waals surface area contributed by atoms with Gasteiger partial charge in [0.1, 0.15) is 5.82 Å². The Bertz CT molecular complexity index is 1520. The fraction of sp³-hybridized carbons (Fsp3) is 0.214. The van der Waals surface area contributed by atoms with Gasteiger partial charge >= 0.3 is 0 Å². The number of carbonyl (C=O) groups excluding carboxylic acids is 1. The highest BCUT2D eigenvalue weighted by Gasteiger charge is 2.28. The monoisotopic (exact) mass is 533 g/mol. The number of aryl methyl sites for hydroxylation is 1. The second kappa shape index (κ2) is 10.7. The molecule has 0 atom stereocenters. The average Bonchev–Trinajstić information content (AvgIpc) is 3.39. The summed E-state index contributed by atoms with van der Waals surface area (Å²) in [5, 5.41) is -0.0520. The third kappa shape index (κ3) is 5.26. The molecule has 0 unspecified atom stereocenters. The molecule has 3 aromatic carbocycles. The SMILES string of the molecule is Cn1cnc(S(=O)(=O)N(Cc2ccccc2)c2ccc(C(=O)N3CCN(c4ccccc4F)CC3)cc2)c1. The molecule has 2 heterocycles. The lowest BCUT2D eigenvalue weighted by Crippen LogP contribution is -2.49. The second-order valence-corrected chi connectivity index (χ2v) is 11.0. The van der Waals surface area contributed by atoms with Gasteiger partial charge in [0.15, 0.2) is 5.03 Å². The Hall–Kier alpha value is -4.18. The van der Waals surface area contributed by atoms with Gasteiger partial charge < -0.3 is 14.4 Å². The van der Waals surface area contributed by atoms with Crippen LogP contribution in [0.25, 0.3) is 0 Å². The molecule has 4 aromatic rings. The zero-order valence-electron chi connectivity index (χ0n) is 20.9. The van der Waals surface area contributed by atoms with Crippen LogP contribution in [0, 0.1) is 5.82 Å². The molecule has 0 N–H and O–H groups in total. The number of hydrogen-bond donors (Lipinski definition) is 0. The number of piperazine rings is 1. The number of imidazole rings is 1. The lowest BCUT2D eigenvalue weighted by molar-refractivity contribution is 0.0746. The fourth-order valence-electron chi connectivity index (χ4n) is 4.51. The first-order valence-corrected chi connectivity index (χ1v) is 13.7. The number of para-hydroxylation sites is 1. The first kappa shape index (κ1) is 25.5. The van der Waals surface area contributed by atoms with Gasteiger partial charge in [-0.2, -0.15) is 8.42 Å². The van der Waals surface area contributed by atoms with E-state index in [0.717, 1.165) is 5.56 Å². The summed E-state index contributed by atoms with van der Waals surface area (Å²) in [6.45, 7) is 2.09. The van der Waals surface area contributed by atoms with Crippen molar-refractivity contribution >= 4 is 27.3 Å². The quantitative estimate of drug-likeness (QED) is 0.360. The van der Waals surface area contributed by atoms with E-state index >= 15 is 0 Å². The smallest absolute Gasteiger partial charge is 0.283 e. The molecular formula is C28H28FN5O3S. The Morgan fingerprint density at radius 1 is 0.921 bits per heavy atom. The van der Waals surface area contributed by atoms with Gasteiger partial charge in [-0.1, -0.05) is 42.5 Å². The summed E-state index contributed by atoms with van der Waals surface area (Å²) in [7, 11) is -2.24. The Labute approximate surface area is 221 Å². The Morgan fingerprint density at radius 3 is 2.21 bits per heavy atom. The highest BCUT2D eigenvalue weighted by molar-refractivity contribution is 7.92. The van der Waals surface area contributed by atoms with Crippen molar-refractivity contribution in [1.82, 2.24) is 14.5 Å². The number of aromatic nitrogens is 2. The van der Waals surface area contributed by atoms with Gasteiger partial charge in [-0.05, 0) is 42.0 Å². The molecule has 1 amide bonds. The molecule has 1 aliphatic rings. The summed E-state index contributed by atoms with van der Waals surface area (Å²) in [5.41, 5.74) is 2.25. The Kier molecular flexibility index (Phi) is 7.15. The standard InChI is InChI=1S/C28H28FN5O3S/c1-31-20-27(30-21-31)38(36,37)34(19-22-7-3-2-4-8-22)24-13-11-23(12-14-24)28(35)33-17-15-32(16-18-33)26-10-6-5-9-25(26)29/h2-14,20-21H,15-19H2,1H3. The first-order chi connectivity index (χ1) is 18.3. The largest absolute Gasteiger partial charge is 0.366 e. The van der Waals surface area contributed by atoms with Crippen molar-refractivity contribution in [3.05, 3.63) is 108 Å². The number of halogens is 1. The predicted molar refractivity (Wildman–Crippen MR) is 144 cm³/mol. The Balaban J connectivity index is 1.34. The van der Waals surface area contributed by atoms with Gasteiger partial charge in [0.2, 0.25) is 0 Å². The Morgan fingerprint density at radius 2 is 1.58 bits per heavy atom. The number of rotatable bonds is 7. The zero-order chi connectivity index (χ0) is 26.7. The third-order valence-corrected chi connectivity index (χ3v) is 8.23. The van der Waals surface area contributed by atoms with E-state index in [0.29, 0.717) is 43.1 Å². The fourth-order valence-corrected chi connectivity index (χ4v) is 5.93. The minimum atomic E-state index is -3.95. The normalized spacial score (nSPS) is 13.9. The van der Waals surface area contributed by atoms with Gasteiger partial charge in [0.25, 0.3) is 15.9 Å². The van der Waals surface area contributed by atoms with Crippen molar-refractivity contribution in [2.45, 2.75) is 11.6 Å². The molecule has 38 heavy (non-hydrogen) atoms. The summed E-state index contributed by atoms with van der Waals surface area (Å²) in [6.07, 6.45) is 2.91. The summed E-state index contributed by atoms with van der Waals surface area (Å²) in [4.78, 5) is 20.9. The number of hydrogen-bond acceptors (Lipinski definition) is 5.